The van der Waals surface area contributed by atoms with Gasteiger partial charge in [-0.1, -0.05) is 11.6 Å². The van der Waals surface area contributed by atoms with Gasteiger partial charge in [-0.15, -0.1) is 0 Å². The molecule has 7 nitrogen and oxygen atoms in total. The highest BCUT2D eigenvalue weighted by Gasteiger charge is 2.26. The van der Waals surface area contributed by atoms with E-state index >= 15 is 0 Å². The quantitative estimate of drug-likeness (QED) is 0.523. The van der Waals surface area contributed by atoms with E-state index in [-0.39, 0.29) is 16.3 Å². The predicted octanol–water partition coefficient (Wildman–Crippen LogP) is 3.01. The number of benzene rings is 1. The standard InChI is InChI=1S/C13H15ClN2O5/c1-13(2,3)21-12(18)15-10(7-17)9-6-8(14)4-5-11(9)16(19)20/h4-7,10H,1-3H3,(H,15,18). The average molecular weight is 315 g/mol. The first-order chi connectivity index (χ1) is 9.64. The van der Waals surface area contributed by atoms with Crippen molar-refractivity contribution in [1.82, 2.24) is 5.32 Å². The topological polar surface area (TPSA) is 98.5 Å². The Morgan fingerprint density at radius 3 is 2.57 bits per heavy atom. The monoisotopic (exact) mass is 314 g/mol. The third-order valence-corrected chi connectivity index (χ3v) is 2.56. The van der Waals surface area contributed by atoms with E-state index in [9.17, 15) is 19.7 Å². The SMILES string of the molecule is CC(C)(C)OC(=O)NC(C=O)c1cc(Cl)ccc1[N+](=O)[O-]. The molecule has 1 unspecified atom stereocenters. The summed E-state index contributed by atoms with van der Waals surface area (Å²) in [6.07, 6.45) is -0.475. The van der Waals surface area contributed by atoms with E-state index in [0.717, 1.165) is 0 Å². The van der Waals surface area contributed by atoms with Gasteiger partial charge in [-0.05, 0) is 32.9 Å². The zero-order valence-corrected chi connectivity index (χ0v) is 12.5. The van der Waals surface area contributed by atoms with Crippen molar-refractivity contribution >= 4 is 29.7 Å². The number of rotatable bonds is 4. The molecule has 0 fully saturated rings. The van der Waals surface area contributed by atoms with Gasteiger partial charge in [0.2, 0.25) is 0 Å². The molecule has 0 aromatic heterocycles. The maximum atomic E-state index is 11.7. The summed E-state index contributed by atoms with van der Waals surface area (Å²) >= 11 is 5.78. The van der Waals surface area contributed by atoms with Gasteiger partial charge in [0, 0.05) is 11.1 Å². The summed E-state index contributed by atoms with van der Waals surface area (Å²) in [5.74, 6) is 0. The molecule has 1 rings (SSSR count). The van der Waals surface area contributed by atoms with Crippen LogP contribution in [0.2, 0.25) is 5.02 Å². The maximum Gasteiger partial charge on any atom is 0.408 e. The first-order valence-electron chi connectivity index (χ1n) is 6.02. The van der Waals surface area contributed by atoms with Gasteiger partial charge in [-0.2, -0.15) is 0 Å². The normalized spacial score (nSPS) is 12.4. The van der Waals surface area contributed by atoms with E-state index in [1.807, 2.05) is 0 Å². The van der Waals surface area contributed by atoms with Crippen LogP contribution < -0.4 is 5.32 Å². The Morgan fingerprint density at radius 1 is 1.48 bits per heavy atom. The van der Waals surface area contributed by atoms with Crippen molar-refractivity contribution in [2.24, 2.45) is 0 Å². The average Bonchev–Trinajstić information content (AvgIpc) is 2.33. The molecule has 0 spiro atoms. The van der Waals surface area contributed by atoms with Crippen LogP contribution in [0.3, 0.4) is 0 Å². The second-order valence-electron chi connectivity index (χ2n) is 5.22. The summed E-state index contributed by atoms with van der Waals surface area (Å²) in [5, 5.41) is 13.5. The lowest BCUT2D eigenvalue weighted by atomic mass is 10.1. The molecule has 1 amide bonds. The van der Waals surface area contributed by atoms with Crippen molar-refractivity contribution in [1.29, 1.82) is 0 Å². The van der Waals surface area contributed by atoms with Gasteiger partial charge in [0.1, 0.15) is 17.9 Å². The summed E-state index contributed by atoms with van der Waals surface area (Å²) in [5.41, 5.74) is -1.07. The van der Waals surface area contributed by atoms with Crippen molar-refractivity contribution < 1.29 is 19.2 Å². The Hall–Kier alpha value is -2.15. The zero-order valence-electron chi connectivity index (χ0n) is 11.8. The molecule has 0 saturated carbocycles. The molecule has 0 aliphatic heterocycles. The summed E-state index contributed by atoms with van der Waals surface area (Å²) in [4.78, 5) is 33.1. The number of hydrogen-bond acceptors (Lipinski definition) is 5. The molecule has 1 aromatic carbocycles. The highest BCUT2D eigenvalue weighted by molar-refractivity contribution is 6.30. The lowest BCUT2D eigenvalue weighted by Gasteiger charge is -2.21. The Labute approximate surface area is 126 Å². The number of amides is 1. The molecule has 8 heteroatoms. The fourth-order valence-corrected chi connectivity index (χ4v) is 1.74. The number of carbonyl (C=O) groups excluding carboxylic acids is 2. The smallest absolute Gasteiger partial charge is 0.408 e. The van der Waals surface area contributed by atoms with E-state index in [1.54, 1.807) is 20.8 Å². The van der Waals surface area contributed by atoms with Gasteiger partial charge in [0.05, 0.1) is 10.5 Å². The Kier molecular flexibility index (Phi) is 5.26. The second-order valence-corrected chi connectivity index (χ2v) is 5.66. The Morgan fingerprint density at radius 2 is 2.10 bits per heavy atom. The van der Waals surface area contributed by atoms with Crippen molar-refractivity contribution in [3.63, 3.8) is 0 Å². The molecule has 1 atom stereocenters. The molecule has 21 heavy (non-hydrogen) atoms. The molecule has 0 radical (unpaired) electrons. The molecule has 114 valence electrons. The van der Waals surface area contributed by atoms with Gasteiger partial charge in [-0.3, -0.25) is 10.1 Å². The second kappa shape index (κ2) is 6.53. The number of ether oxygens (including phenoxy) is 1. The lowest BCUT2D eigenvalue weighted by Crippen LogP contribution is -2.35. The number of nitrogens with zero attached hydrogens (tertiary/aromatic N) is 1. The first kappa shape index (κ1) is 16.9. The third kappa shape index (κ3) is 5.03. The van der Waals surface area contributed by atoms with Crippen LogP contribution in [0.25, 0.3) is 0 Å². The number of alkyl carbamates (subject to hydrolysis) is 1. The van der Waals surface area contributed by atoms with E-state index in [2.05, 4.69) is 5.32 Å². The van der Waals surface area contributed by atoms with Crippen molar-refractivity contribution in [3.05, 3.63) is 38.9 Å². The molecular weight excluding hydrogens is 300 g/mol. The van der Waals surface area contributed by atoms with Crippen LogP contribution in [-0.4, -0.2) is 22.9 Å². The predicted molar refractivity (Wildman–Crippen MR) is 76.3 cm³/mol. The van der Waals surface area contributed by atoms with Gasteiger partial charge in [-0.25, -0.2) is 4.79 Å². The molecule has 0 bridgehead atoms. The highest BCUT2D eigenvalue weighted by Crippen LogP contribution is 2.27. The minimum absolute atomic E-state index is 0.00615. The molecule has 0 saturated heterocycles. The summed E-state index contributed by atoms with van der Waals surface area (Å²) in [6, 6.07) is 2.54. The van der Waals surface area contributed by atoms with Crippen molar-refractivity contribution in [2.45, 2.75) is 32.4 Å². The van der Waals surface area contributed by atoms with E-state index in [4.69, 9.17) is 16.3 Å². The number of carbonyl (C=O) groups is 2. The largest absolute Gasteiger partial charge is 0.444 e. The number of hydrogen-bond donors (Lipinski definition) is 1. The molecule has 0 aliphatic carbocycles. The fourth-order valence-electron chi connectivity index (χ4n) is 1.56. The van der Waals surface area contributed by atoms with E-state index in [1.165, 1.54) is 18.2 Å². The molecular formula is C13H15ClN2O5. The summed E-state index contributed by atoms with van der Waals surface area (Å²) < 4.78 is 5.01. The minimum atomic E-state index is -1.22. The zero-order chi connectivity index (χ0) is 16.2. The molecule has 1 aromatic rings. The summed E-state index contributed by atoms with van der Waals surface area (Å²) in [7, 11) is 0. The van der Waals surface area contributed by atoms with E-state index in [0.29, 0.717) is 6.29 Å². The van der Waals surface area contributed by atoms with Gasteiger partial charge >= 0.3 is 6.09 Å². The maximum absolute atomic E-state index is 11.7. The minimum Gasteiger partial charge on any atom is -0.444 e. The molecule has 0 heterocycles. The number of nitrogens with one attached hydrogen (secondary N) is 1. The lowest BCUT2D eigenvalue weighted by molar-refractivity contribution is -0.385. The molecule has 1 N–H and O–H groups in total. The van der Waals surface area contributed by atoms with Crippen LogP contribution in [0.15, 0.2) is 18.2 Å². The van der Waals surface area contributed by atoms with Gasteiger partial charge < -0.3 is 14.8 Å². The number of nitro groups is 1. The van der Waals surface area contributed by atoms with E-state index < -0.39 is 22.7 Å². The van der Waals surface area contributed by atoms with Crippen LogP contribution in [0, 0.1) is 10.1 Å². The van der Waals surface area contributed by atoms with Crippen molar-refractivity contribution in [2.75, 3.05) is 0 Å². The molecule has 0 aliphatic rings. The fraction of sp³-hybridized carbons (Fsp3) is 0.385. The Balaban J connectivity index is 3.05. The summed E-state index contributed by atoms with van der Waals surface area (Å²) in [6.45, 7) is 4.97. The highest BCUT2D eigenvalue weighted by atomic mass is 35.5. The van der Waals surface area contributed by atoms with Crippen LogP contribution >= 0.6 is 11.6 Å². The number of halogens is 1. The third-order valence-electron chi connectivity index (χ3n) is 2.33. The van der Waals surface area contributed by atoms with Crippen LogP contribution in [0.5, 0.6) is 0 Å². The van der Waals surface area contributed by atoms with Crippen molar-refractivity contribution in [3.8, 4) is 0 Å². The van der Waals surface area contributed by atoms with Gasteiger partial charge in [0.15, 0.2) is 0 Å². The van der Waals surface area contributed by atoms with Crippen LogP contribution in [-0.2, 0) is 9.53 Å². The number of aldehydes is 1. The first-order valence-corrected chi connectivity index (χ1v) is 6.40. The van der Waals surface area contributed by atoms with Crippen LogP contribution in [0.4, 0.5) is 10.5 Å². The number of nitro benzene ring substituents is 1. The van der Waals surface area contributed by atoms with Gasteiger partial charge in [0.25, 0.3) is 5.69 Å². The Bertz CT molecular complexity index is 568. The van der Waals surface area contributed by atoms with Crippen LogP contribution in [0.1, 0.15) is 32.4 Å².